The van der Waals surface area contributed by atoms with Crippen molar-refractivity contribution in [3.63, 3.8) is 0 Å². The number of rotatable bonds is 6. The number of nitrogens with zero attached hydrogens (tertiary/aromatic N) is 4. The van der Waals surface area contributed by atoms with Gasteiger partial charge in [-0.15, -0.1) is 11.3 Å². The topological polar surface area (TPSA) is 73.7 Å². The summed E-state index contributed by atoms with van der Waals surface area (Å²) in [4.78, 5) is 34.4. The molecule has 0 aromatic carbocycles. The van der Waals surface area contributed by atoms with Crippen LogP contribution in [0, 0.1) is 5.92 Å². The highest BCUT2D eigenvalue weighted by Crippen LogP contribution is 2.38. The summed E-state index contributed by atoms with van der Waals surface area (Å²) in [6, 6.07) is 1.28. The van der Waals surface area contributed by atoms with Gasteiger partial charge in [-0.2, -0.15) is 0 Å². The molecule has 3 heterocycles. The van der Waals surface area contributed by atoms with Crippen LogP contribution in [-0.2, 0) is 17.6 Å². The first-order chi connectivity index (χ1) is 14.9. The summed E-state index contributed by atoms with van der Waals surface area (Å²) in [6.45, 7) is 3.89. The van der Waals surface area contributed by atoms with E-state index in [1.54, 1.807) is 11.3 Å². The zero-order valence-corrected chi connectivity index (χ0v) is 19.4. The number of hydrogen-bond donors (Lipinski definition) is 1. The minimum absolute atomic E-state index is 0.122. The van der Waals surface area contributed by atoms with Gasteiger partial charge >= 0.3 is 12.0 Å². The summed E-state index contributed by atoms with van der Waals surface area (Å²) in [5, 5.41) is 9.80. The Morgan fingerprint density at radius 1 is 1.13 bits per heavy atom. The lowest BCUT2D eigenvalue weighted by molar-refractivity contribution is -0.919. The average molecular weight is 448 g/mol. The van der Waals surface area contributed by atoms with Crippen molar-refractivity contribution in [3.05, 3.63) is 10.6 Å². The molecule has 3 fully saturated rings. The fourth-order valence-electron chi connectivity index (χ4n) is 5.91. The summed E-state index contributed by atoms with van der Waals surface area (Å²) in [5.74, 6) is -0.207. The van der Waals surface area contributed by atoms with Gasteiger partial charge < -0.3 is 14.5 Å². The smallest absolute Gasteiger partial charge is 0.326 e. The number of hydrogen-bond acceptors (Lipinski definition) is 4. The molecule has 4 aliphatic rings. The van der Waals surface area contributed by atoms with E-state index in [1.807, 2.05) is 4.90 Å². The van der Waals surface area contributed by atoms with Crippen LogP contribution in [0.15, 0.2) is 0 Å². The Labute approximate surface area is 188 Å². The van der Waals surface area contributed by atoms with E-state index in [0.717, 1.165) is 69.2 Å². The summed E-state index contributed by atoms with van der Waals surface area (Å²) in [7, 11) is 2.41. The van der Waals surface area contributed by atoms with E-state index in [0.29, 0.717) is 12.0 Å². The number of carboxylic acid groups (broad SMARTS) is 1. The van der Waals surface area contributed by atoms with Crippen molar-refractivity contribution >= 4 is 28.5 Å². The van der Waals surface area contributed by atoms with Crippen LogP contribution in [0.4, 0.5) is 9.93 Å². The largest absolute Gasteiger partial charge is 0.481 e. The van der Waals surface area contributed by atoms with Gasteiger partial charge in [-0.1, -0.05) is 0 Å². The van der Waals surface area contributed by atoms with Crippen LogP contribution >= 0.6 is 11.3 Å². The summed E-state index contributed by atoms with van der Waals surface area (Å²) < 4.78 is 1.20. The van der Waals surface area contributed by atoms with E-state index in [1.165, 1.54) is 41.0 Å². The first-order valence-corrected chi connectivity index (χ1v) is 12.9. The number of carboxylic acids is 1. The van der Waals surface area contributed by atoms with Gasteiger partial charge in [-0.3, -0.25) is 9.69 Å². The van der Waals surface area contributed by atoms with E-state index in [2.05, 4.69) is 11.9 Å². The minimum atomic E-state index is -0.703. The van der Waals surface area contributed by atoms with Crippen LogP contribution in [0.25, 0.3) is 0 Å². The third-order valence-corrected chi connectivity index (χ3v) is 9.38. The maximum absolute atomic E-state index is 13.2. The molecule has 31 heavy (non-hydrogen) atoms. The molecule has 2 amide bonds. The molecule has 2 aliphatic carbocycles. The maximum atomic E-state index is 13.2. The number of aromatic nitrogens is 1. The van der Waals surface area contributed by atoms with E-state index in [-0.39, 0.29) is 12.5 Å². The first kappa shape index (κ1) is 21.2. The molecule has 1 saturated heterocycles. The molecule has 0 spiro atoms. The molecule has 1 unspecified atom stereocenters. The van der Waals surface area contributed by atoms with Crippen molar-refractivity contribution in [3.8, 4) is 0 Å². The van der Waals surface area contributed by atoms with E-state index in [9.17, 15) is 9.59 Å². The lowest BCUT2D eigenvalue weighted by Gasteiger charge is -2.34. The summed E-state index contributed by atoms with van der Waals surface area (Å²) in [6.07, 6.45) is 9.97. The van der Waals surface area contributed by atoms with Crippen molar-refractivity contribution in [2.45, 2.75) is 76.3 Å². The molecule has 5 rings (SSSR count). The number of fused-ring (bicyclic) bond motifs is 1. The van der Waals surface area contributed by atoms with Crippen molar-refractivity contribution in [1.29, 1.82) is 0 Å². The number of thiazole rings is 1. The van der Waals surface area contributed by atoms with Crippen molar-refractivity contribution < 1.29 is 19.2 Å². The highest BCUT2D eigenvalue weighted by atomic mass is 32.1. The van der Waals surface area contributed by atoms with E-state index >= 15 is 0 Å². The van der Waals surface area contributed by atoms with Gasteiger partial charge in [-0.05, 0) is 38.0 Å². The number of amides is 2. The number of urea groups is 1. The van der Waals surface area contributed by atoms with Gasteiger partial charge in [-0.25, -0.2) is 9.78 Å². The van der Waals surface area contributed by atoms with Crippen LogP contribution in [-0.4, -0.2) is 76.8 Å². The quantitative estimate of drug-likeness (QED) is 0.677. The van der Waals surface area contributed by atoms with Crippen molar-refractivity contribution in [2.75, 3.05) is 38.1 Å². The number of quaternary nitrogens is 1. The fourth-order valence-corrected chi connectivity index (χ4v) is 7.03. The average Bonchev–Trinajstić information content (AvgIpc) is 3.48. The number of carbonyl (C=O) groups is 2. The van der Waals surface area contributed by atoms with Crippen molar-refractivity contribution in [1.82, 2.24) is 9.88 Å². The molecule has 2 aliphatic heterocycles. The van der Waals surface area contributed by atoms with Gasteiger partial charge in [0, 0.05) is 56.1 Å². The summed E-state index contributed by atoms with van der Waals surface area (Å²) in [5.41, 5.74) is 1.23. The van der Waals surface area contributed by atoms with Crippen LogP contribution in [0.2, 0.25) is 0 Å². The lowest BCUT2D eigenvalue weighted by atomic mass is 9.83. The van der Waals surface area contributed by atoms with E-state index < -0.39 is 5.97 Å². The number of aliphatic carboxylic acids is 1. The van der Waals surface area contributed by atoms with Gasteiger partial charge in [0.15, 0.2) is 5.13 Å². The number of anilines is 1. The Balaban J connectivity index is 1.18. The Morgan fingerprint density at radius 3 is 2.58 bits per heavy atom. The molecular weight excluding hydrogens is 412 g/mol. The molecule has 0 bridgehead atoms. The van der Waals surface area contributed by atoms with Crippen LogP contribution in [0.5, 0.6) is 0 Å². The van der Waals surface area contributed by atoms with Gasteiger partial charge in [0.05, 0.1) is 31.9 Å². The maximum Gasteiger partial charge on any atom is 0.326 e. The third-order valence-electron chi connectivity index (χ3n) is 8.20. The predicted octanol–water partition coefficient (Wildman–Crippen LogP) is 3.52. The standard InChI is InChI=1S/C23H34N4O3S/c1-27(18-7-8-18)14-10-19-20(11-15-27)31-22(24-19)26-13-12-25(23(26)30)17-5-2-16(3-6-17)4-9-21(28)29/h16-18H,2-15H2,1H3/p+1/t16-,17-,27?. The zero-order valence-electron chi connectivity index (χ0n) is 18.6. The second-order valence-corrected chi connectivity index (χ2v) is 11.3. The Kier molecular flexibility index (Phi) is 5.71. The molecule has 2 saturated carbocycles. The van der Waals surface area contributed by atoms with E-state index in [4.69, 9.17) is 10.1 Å². The van der Waals surface area contributed by atoms with Crippen LogP contribution in [0.1, 0.15) is 61.9 Å². The van der Waals surface area contributed by atoms with Crippen LogP contribution in [0.3, 0.4) is 0 Å². The summed E-state index contributed by atoms with van der Waals surface area (Å²) >= 11 is 1.74. The van der Waals surface area contributed by atoms with Crippen molar-refractivity contribution in [2.24, 2.45) is 5.92 Å². The second kappa shape index (κ2) is 8.35. The molecule has 1 aromatic rings. The zero-order chi connectivity index (χ0) is 21.6. The third kappa shape index (κ3) is 4.33. The SMILES string of the molecule is C[N+]1(C2CC2)CCc2nc(N3CCN([C@H]4CC[C@H](CCC(=O)O)CC4)C3=O)sc2CC1. The molecule has 8 heteroatoms. The Bertz CT molecular complexity index is 818. The predicted molar refractivity (Wildman–Crippen MR) is 121 cm³/mol. The highest BCUT2D eigenvalue weighted by Gasteiger charge is 2.43. The van der Waals surface area contributed by atoms with Gasteiger partial charge in [0.1, 0.15) is 0 Å². The molecule has 1 N–H and O–H groups in total. The molecule has 1 atom stereocenters. The molecule has 7 nitrogen and oxygen atoms in total. The number of carbonyl (C=O) groups excluding carboxylic acids is 1. The van der Waals surface area contributed by atoms with Gasteiger partial charge in [0.25, 0.3) is 0 Å². The monoisotopic (exact) mass is 447 g/mol. The first-order valence-electron chi connectivity index (χ1n) is 12.1. The Hall–Kier alpha value is -1.67. The lowest BCUT2D eigenvalue weighted by Crippen LogP contribution is -2.47. The van der Waals surface area contributed by atoms with Crippen LogP contribution < -0.4 is 4.90 Å². The highest BCUT2D eigenvalue weighted by molar-refractivity contribution is 7.16. The minimum Gasteiger partial charge on any atom is -0.481 e. The Morgan fingerprint density at radius 2 is 1.87 bits per heavy atom. The molecule has 0 radical (unpaired) electrons. The molecular formula is C23H35N4O3S+. The number of likely N-dealkylation sites (N-methyl/N-ethyl adjacent to an activating group) is 1. The normalized spacial score (nSPS) is 31.6. The second-order valence-electron chi connectivity index (χ2n) is 10.3. The molecule has 170 valence electrons. The molecule has 1 aromatic heterocycles. The van der Waals surface area contributed by atoms with Gasteiger partial charge in [0.2, 0.25) is 0 Å². The fraction of sp³-hybridized carbons (Fsp3) is 0.783.